The van der Waals surface area contributed by atoms with E-state index in [0.29, 0.717) is 18.0 Å². The number of halogens is 1. The monoisotopic (exact) mass is 499 g/mol. The summed E-state index contributed by atoms with van der Waals surface area (Å²) >= 11 is 3.56. The first-order valence-corrected chi connectivity index (χ1v) is 11.8. The third-order valence-corrected chi connectivity index (χ3v) is 6.75. The van der Waals surface area contributed by atoms with Crippen LogP contribution in [-0.4, -0.2) is 68.1 Å². The van der Waals surface area contributed by atoms with Crippen molar-refractivity contribution < 1.29 is 14.3 Å². The predicted octanol–water partition coefficient (Wildman–Crippen LogP) is 4.51. The molecule has 1 aromatic heterocycles. The Morgan fingerprint density at radius 1 is 1.16 bits per heavy atom. The molecule has 0 fully saturated rings. The minimum Gasteiger partial charge on any atom is -0.493 e. The van der Waals surface area contributed by atoms with Crippen LogP contribution in [0.25, 0.3) is 10.9 Å². The standard InChI is InChI=1S/C25H30BrN3O3/c1-28(13-9-17-16-27-22-7-5-18(26)15-21(17)22)11-4-12-29-14-10-19-20(25(29)30)6-8-23(31-2)24(19)32-3/h5-8,15-16,27H,4,9-14H2,1-3H3. The number of ether oxygens (including phenoxy) is 2. The number of nitrogens with one attached hydrogen (secondary N) is 1. The van der Waals surface area contributed by atoms with Gasteiger partial charge in [0.1, 0.15) is 0 Å². The van der Waals surface area contributed by atoms with Gasteiger partial charge in [0, 0.05) is 52.3 Å². The Labute approximate surface area is 197 Å². The Bertz CT molecular complexity index is 1110. The van der Waals surface area contributed by atoms with E-state index in [2.05, 4.69) is 57.3 Å². The third kappa shape index (κ3) is 4.64. The van der Waals surface area contributed by atoms with Crippen LogP contribution in [0, 0.1) is 0 Å². The Balaban J connectivity index is 1.29. The summed E-state index contributed by atoms with van der Waals surface area (Å²) in [6.07, 6.45) is 4.83. The van der Waals surface area contributed by atoms with Crippen LogP contribution in [-0.2, 0) is 12.8 Å². The zero-order chi connectivity index (χ0) is 22.7. The molecule has 0 aliphatic carbocycles. The van der Waals surface area contributed by atoms with Crippen molar-refractivity contribution in [3.63, 3.8) is 0 Å². The molecule has 4 rings (SSSR count). The van der Waals surface area contributed by atoms with E-state index in [1.807, 2.05) is 17.0 Å². The number of carbonyl (C=O) groups excluding carboxylic acids is 1. The summed E-state index contributed by atoms with van der Waals surface area (Å²) in [6.45, 7) is 3.40. The van der Waals surface area contributed by atoms with E-state index in [-0.39, 0.29) is 5.91 Å². The maximum absolute atomic E-state index is 13.0. The largest absolute Gasteiger partial charge is 0.493 e. The Morgan fingerprint density at radius 2 is 2.00 bits per heavy atom. The number of hydrogen-bond donors (Lipinski definition) is 1. The van der Waals surface area contributed by atoms with Gasteiger partial charge in [-0.1, -0.05) is 15.9 Å². The highest BCUT2D eigenvalue weighted by Gasteiger charge is 2.28. The Morgan fingerprint density at radius 3 is 2.78 bits per heavy atom. The molecule has 6 nitrogen and oxygen atoms in total. The molecule has 1 aliphatic heterocycles. The molecule has 7 heteroatoms. The first kappa shape index (κ1) is 22.7. The van der Waals surface area contributed by atoms with Crippen molar-refractivity contribution in [2.24, 2.45) is 0 Å². The SMILES string of the molecule is COc1ccc2c(c1OC)CCN(CCCN(C)CCc1c[nH]c3ccc(Br)cc13)C2=O. The average molecular weight is 500 g/mol. The summed E-state index contributed by atoms with van der Waals surface area (Å²) in [5.41, 5.74) is 4.19. The van der Waals surface area contributed by atoms with Crippen molar-refractivity contribution in [1.82, 2.24) is 14.8 Å². The van der Waals surface area contributed by atoms with Crippen molar-refractivity contribution in [2.75, 3.05) is 47.4 Å². The van der Waals surface area contributed by atoms with Gasteiger partial charge in [0.05, 0.1) is 14.2 Å². The van der Waals surface area contributed by atoms with Gasteiger partial charge in [-0.05, 0) is 68.8 Å². The van der Waals surface area contributed by atoms with E-state index in [1.165, 1.54) is 16.5 Å². The van der Waals surface area contributed by atoms with Gasteiger partial charge < -0.3 is 24.3 Å². The van der Waals surface area contributed by atoms with Crippen molar-refractivity contribution in [2.45, 2.75) is 19.3 Å². The van der Waals surface area contributed by atoms with Gasteiger partial charge >= 0.3 is 0 Å². The highest BCUT2D eigenvalue weighted by Crippen LogP contribution is 2.36. The minimum atomic E-state index is 0.0826. The van der Waals surface area contributed by atoms with Gasteiger partial charge in [-0.3, -0.25) is 4.79 Å². The molecule has 0 unspecified atom stereocenters. The number of fused-ring (bicyclic) bond motifs is 2. The smallest absolute Gasteiger partial charge is 0.254 e. The molecule has 0 spiro atoms. The van der Waals surface area contributed by atoms with Crippen LogP contribution in [0.2, 0.25) is 0 Å². The maximum atomic E-state index is 13.0. The van der Waals surface area contributed by atoms with E-state index in [1.54, 1.807) is 14.2 Å². The number of amides is 1. The number of hydrogen-bond acceptors (Lipinski definition) is 4. The molecule has 170 valence electrons. The van der Waals surface area contributed by atoms with Gasteiger partial charge in [0.2, 0.25) is 0 Å². The van der Waals surface area contributed by atoms with Gasteiger partial charge in [-0.2, -0.15) is 0 Å². The third-order valence-electron chi connectivity index (χ3n) is 6.26. The first-order chi connectivity index (χ1) is 15.5. The number of H-pyrrole nitrogens is 1. The number of aromatic nitrogens is 1. The van der Waals surface area contributed by atoms with E-state index >= 15 is 0 Å². The molecular formula is C25H30BrN3O3. The molecule has 1 amide bonds. The second kappa shape index (κ2) is 9.96. The molecule has 0 saturated heterocycles. The maximum Gasteiger partial charge on any atom is 0.254 e. The van der Waals surface area contributed by atoms with Crippen LogP contribution in [0.5, 0.6) is 11.5 Å². The van der Waals surface area contributed by atoms with E-state index < -0.39 is 0 Å². The Hall–Kier alpha value is -2.51. The molecule has 2 aromatic carbocycles. The summed E-state index contributed by atoms with van der Waals surface area (Å²) in [5.74, 6) is 1.44. The molecule has 0 radical (unpaired) electrons. The van der Waals surface area contributed by atoms with Gasteiger partial charge in [0.15, 0.2) is 11.5 Å². The van der Waals surface area contributed by atoms with Gasteiger partial charge in [-0.25, -0.2) is 0 Å². The molecule has 2 heterocycles. The zero-order valence-corrected chi connectivity index (χ0v) is 20.5. The fourth-order valence-corrected chi connectivity index (χ4v) is 4.84. The predicted molar refractivity (Wildman–Crippen MR) is 131 cm³/mol. The molecule has 1 N–H and O–H groups in total. The van der Waals surface area contributed by atoms with Crippen LogP contribution in [0.1, 0.15) is 27.9 Å². The number of methoxy groups -OCH3 is 2. The fraction of sp³-hybridized carbons (Fsp3) is 0.400. The first-order valence-electron chi connectivity index (χ1n) is 11.0. The summed E-state index contributed by atoms with van der Waals surface area (Å²) < 4.78 is 12.0. The molecule has 0 bridgehead atoms. The highest BCUT2D eigenvalue weighted by atomic mass is 79.9. The van der Waals surface area contributed by atoms with Crippen LogP contribution in [0.3, 0.4) is 0 Å². The normalized spacial score (nSPS) is 13.7. The zero-order valence-electron chi connectivity index (χ0n) is 18.9. The second-order valence-electron chi connectivity index (χ2n) is 8.28. The lowest BCUT2D eigenvalue weighted by Crippen LogP contribution is -2.39. The summed E-state index contributed by atoms with van der Waals surface area (Å²) in [6, 6.07) is 10.0. The Kier molecular flexibility index (Phi) is 7.06. The minimum absolute atomic E-state index is 0.0826. The quantitative estimate of drug-likeness (QED) is 0.470. The van der Waals surface area contributed by atoms with E-state index in [9.17, 15) is 4.79 Å². The van der Waals surface area contributed by atoms with Gasteiger partial charge in [0.25, 0.3) is 5.91 Å². The van der Waals surface area contributed by atoms with Gasteiger partial charge in [-0.15, -0.1) is 0 Å². The van der Waals surface area contributed by atoms with Crippen LogP contribution in [0.15, 0.2) is 41.0 Å². The van der Waals surface area contributed by atoms with Crippen LogP contribution in [0.4, 0.5) is 0 Å². The van der Waals surface area contributed by atoms with Crippen molar-refractivity contribution in [3.8, 4) is 11.5 Å². The topological polar surface area (TPSA) is 57.8 Å². The molecular weight excluding hydrogens is 470 g/mol. The number of aromatic amines is 1. The number of likely N-dealkylation sites (N-methyl/N-ethyl adjacent to an activating group) is 1. The lowest BCUT2D eigenvalue weighted by atomic mass is 9.97. The number of carbonyl (C=O) groups is 1. The number of benzene rings is 2. The summed E-state index contributed by atoms with van der Waals surface area (Å²) in [4.78, 5) is 20.7. The molecule has 0 atom stereocenters. The van der Waals surface area contributed by atoms with Crippen LogP contribution < -0.4 is 9.47 Å². The number of rotatable bonds is 9. The molecule has 0 saturated carbocycles. The lowest BCUT2D eigenvalue weighted by Gasteiger charge is -2.30. The highest BCUT2D eigenvalue weighted by molar-refractivity contribution is 9.10. The van der Waals surface area contributed by atoms with Crippen molar-refractivity contribution in [3.05, 3.63) is 57.7 Å². The molecule has 32 heavy (non-hydrogen) atoms. The second-order valence-corrected chi connectivity index (χ2v) is 9.20. The molecule has 1 aliphatic rings. The summed E-state index contributed by atoms with van der Waals surface area (Å²) in [7, 11) is 5.39. The number of nitrogens with zero attached hydrogens (tertiary/aromatic N) is 2. The van der Waals surface area contributed by atoms with Crippen molar-refractivity contribution in [1.29, 1.82) is 0 Å². The summed E-state index contributed by atoms with van der Waals surface area (Å²) in [5, 5.41) is 1.28. The average Bonchev–Trinajstić information content (AvgIpc) is 3.20. The fourth-order valence-electron chi connectivity index (χ4n) is 4.48. The van der Waals surface area contributed by atoms with E-state index in [4.69, 9.17) is 9.47 Å². The van der Waals surface area contributed by atoms with E-state index in [0.717, 1.165) is 54.5 Å². The van der Waals surface area contributed by atoms with Crippen LogP contribution >= 0.6 is 15.9 Å². The lowest BCUT2D eigenvalue weighted by molar-refractivity contribution is 0.0731. The molecule has 3 aromatic rings. The van der Waals surface area contributed by atoms with Crippen molar-refractivity contribution >= 4 is 32.7 Å².